The third-order valence-corrected chi connectivity index (χ3v) is 6.18. The Morgan fingerprint density at radius 3 is 2.34 bits per heavy atom. The summed E-state index contributed by atoms with van der Waals surface area (Å²) in [6.07, 6.45) is -0.757. The second-order valence-corrected chi connectivity index (χ2v) is 8.14. The number of halogens is 3. The molecule has 0 aromatic heterocycles. The van der Waals surface area contributed by atoms with Crippen molar-refractivity contribution in [2.45, 2.75) is 76.6 Å². The molecule has 0 aromatic carbocycles. The molecular weight excluding hydrogens is 389 g/mol. The fourth-order valence-corrected chi connectivity index (χ4v) is 4.70. The average molecular weight is 416 g/mol. The Kier molecular flexibility index (Phi) is 6.08. The minimum Gasteiger partial charge on any atom is -0.376 e. The maximum absolute atomic E-state index is 14.4. The molecule has 2 fully saturated rings. The van der Waals surface area contributed by atoms with Crippen LogP contribution in [0, 0.1) is 5.92 Å². The van der Waals surface area contributed by atoms with Gasteiger partial charge in [0.2, 0.25) is 11.4 Å². The first-order chi connectivity index (χ1) is 13.6. The number of nitrogens with zero attached hydrogens (tertiary/aromatic N) is 1. The van der Waals surface area contributed by atoms with Crippen LogP contribution in [0.4, 0.5) is 13.2 Å². The number of alkyl halides is 3. The molecule has 2 amide bonds. The van der Waals surface area contributed by atoms with Crippen LogP contribution in [0.3, 0.4) is 0 Å². The fraction of sp³-hybridized carbons (Fsp3) is 0.750. The van der Waals surface area contributed by atoms with Gasteiger partial charge in [-0.2, -0.15) is 13.2 Å². The van der Waals surface area contributed by atoms with Crippen molar-refractivity contribution in [3.8, 4) is 0 Å². The molecule has 162 valence electrons. The third-order valence-electron chi connectivity index (χ3n) is 6.18. The van der Waals surface area contributed by atoms with Crippen LogP contribution in [-0.2, 0) is 19.1 Å². The summed E-state index contributed by atoms with van der Waals surface area (Å²) in [5.74, 6) is -3.61. The largest absolute Gasteiger partial charge is 0.425 e. The predicted octanol–water partition coefficient (Wildman–Crippen LogP) is 2.87. The van der Waals surface area contributed by atoms with Gasteiger partial charge in [0.15, 0.2) is 5.78 Å². The van der Waals surface area contributed by atoms with Crippen LogP contribution in [0.15, 0.2) is 11.3 Å². The van der Waals surface area contributed by atoms with Gasteiger partial charge in [0.05, 0.1) is 18.2 Å². The van der Waals surface area contributed by atoms with Gasteiger partial charge >= 0.3 is 6.18 Å². The number of carbonyl (C=O) groups excluding carboxylic acids is 3. The van der Waals surface area contributed by atoms with E-state index < -0.39 is 40.8 Å². The van der Waals surface area contributed by atoms with Crippen LogP contribution in [0.25, 0.3) is 0 Å². The Labute approximate surface area is 167 Å². The highest BCUT2D eigenvalue weighted by molar-refractivity contribution is 6.12. The molecule has 0 aromatic rings. The summed E-state index contributed by atoms with van der Waals surface area (Å²) in [5.41, 5.74) is -4.10. The molecule has 0 spiro atoms. The Bertz CT molecular complexity index is 722. The summed E-state index contributed by atoms with van der Waals surface area (Å²) < 4.78 is 48.6. The van der Waals surface area contributed by atoms with E-state index in [0.29, 0.717) is 25.9 Å². The van der Waals surface area contributed by atoms with Crippen molar-refractivity contribution in [1.29, 1.82) is 0 Å². The molecule has 0 unspecified atom stereocenters. The maximum Gasteiger partial charge on any atom is 0.425 e. The minimum atomic E-state index is -5.15. The lowest BCUT2D eigenvalue weighted by atomic mass is 9.84. The van der Waals surface area contributed by atoms with Crippen molar-refractivity contribution in [1.82, 2.24) is 10.2 Å². The van der Waals surface area contributed by atoms with E-state index in [1.807, 2.05) is 5.32 Å². The first-order valence-electron chi connectivity index (χ1n) is 10.1. The number of nitrogens with one attached hydrogen (secondary N) is 1. The molecule has 3 aliphatic rings. The Morgan fingerprint density at radius 1 is 1.17 bits per heavy atom. The molecule has 3 rings (SSSR count). The molecule has 1 aliphatic carbocycles. The Morgan fingerprint density at radius 2 is 1.83 bits per heavy atom. The number of Topliss-reactive ketones (excluding diaryl/α,β-unsaturated/α-hetero) is 1. The zero-order valence-electron chi connectivity index (χ0n) is 16.7. The van der Waals surface area contributed by atoms with E-state index in [9.17, 15) is 27.6 Å². The zero-order valence-corrected chi connectivity index (χ0v) is 16.7. The Hall–Kier alpha value is -1.90. The van der Waals surface area contributed by atoms with Gasteiger partial charge in [-0.15, -0.1) is 0 Å². The number of hydrogen-bond acceptors (Lipinski definition) is 4. The van der Waals surface area contributed by atoms with Crippen molar-refractivity contribution in [2.75, 3.05) is 13.2 Å². The van der Waals surface area contributed by atoms with Gasteiger partial charge in [-0.05, 0) is 39.5 Å². The van der Waals surface area contributed by atoms with E-state index in [1.165, 1.54) is 6.92 Å². The lowest BCUT2D eigenvalue weighted by molar-refractivity contribution is -0.195. The van der Waals surface area contributed by atoms with E-state index in [1.54, 1.807) is 0 Å². The summed E-state index contributed by atoms with van der Waals surface area (Å²) >= 11 is 0. The predicted molar refractivity (Wildman–Crippen MR) is 97.6 cm³/mol. The van der Waals surface area contributed by atoms with Crippen LogP contribution in [0.1, 0.15) is 58.8 Å². The van der Waals surface area contributed by atoms with Crippen molar-refractivity contribution < 1.29 is 32.3 Å². The Balaban J connectivity index is 1.99. The fourth-order valence-electron chi connectivity index (χ4n) is 4.70. The molecule has 6 nitrogen and oxygen atoms in total. The molecule has 1 saturated heterocycles. The number of carbonyl (C=O) groups is 3. The minimum absolute atomic E-state index is 0.0701. The summed E-state index contributed by atoms with van der Waals surface area (Å²) in [5, 5.41) is 1.99. The number of amides is 2. The molecule has 1 saturated carbocycles. The summed E-state index contributed by atoms with van der Waals surface area (Å²) in [7, 11) is 0. The van der Waals surface area contributed by atoms with Crippen LogP contribution < -0.4 is 5.32 Å². The maximum atomic E-state index is 14.4. The van der Waals surface area contributed by atoms with Crippen molar-refractivity contribution in [3.05, 3.63) is 11.3 Å². The molecule has 0 radical (unpaired) electrons. The molecule has 2 heterocycles. The molecule has 2 atom stereocenters. The summed E-state index contributed by atoms with van der Waals surface area (Å²) in [4.78, 5) is 39.1. The first-order valence-corrected chi connectivity index (χ1v) is 10.1. The highest BCUT2D eigenvalue weighted by Crippen LogP contribution is 2.45. The van der Waals surface area contributed by atoms with Crippen LogP contribution in [-0.4, -0.2) is 53.5 Å². The second kappa shape index (κ2) is 8.08. The quantitative estimate of drug-likeness (QED) is 0.748. The zero-order chi connectivity index (χ0) is 21.4. The van der Waals surface area contributed by atoms with Gasteiger partial charge in [-0.3, -0.25) is 14.4 Å². The molecule has 1 N–H and O–H groups in total. The number of hydrogen-bond donors (Lipinski definition) is 1. The van der Waals surface area contributed by atoms with Gasteiger partial charge in [0.1, 0.15) is 0 Å². The second-order valence-electron chi connectivity index (χ2n) is 8.14. The van der Waals surface area contributed by atoms with Crippen molar-refractivity contribution >= 4 is 17.6 Å². The SMILES string of the molecule is CC(=O)C1=C(C)N(C[C@H]2CCCO2)C(=O)[C@@]1(NC(=O)C1CCCCC1)C(F)(F)F. The van der Waals surface area contributed by atoms with E-state index in [2.05, 4.69) is 0 Å². The molecule has 2 aliphatic heterocycles. The highest BCUT2D eigenvalue weighted by atomic mass is 19.4. The standard InChI is InChI=1S/C20H27F3N2O4/c1-12-16(13(2)26)19(20(21,22)23,24-17(27)14-7-4-3-5-8-14)18(28)25(12)11-15-9-6-10-29-15/h14-15H,3-11H2,1-2H3,(H,24,27)/t15-,19-/m1/s1. The van der Waals surface area contributed by atoms with Gasteiger partial charge in [-0.1, -0.05) is 19.3 Å². The van der Waals surface area contributed by atoms with E-state index in [4.69, 9.17) is 4.74 Å². The van der Waals surface area contributed by atoms with E-state index >= 15 is 0 Å². The van der Waals surface area contributed by atoms with Gasteiger partial charge in [0, 0.05) is 18.2 Å². The van der Waals surface area contributed by atoms with Crippen molar-refractivity contribution in [3.63, 3.8) is 0 Å². The lowest BCUT2D eigenvalue weighted by Crippen LogP contribution is -2.67. The van der Waals surface area contributed by atoms with Crippen LogP contribution in [0.5, 0.6) is 0 Å². The average Bonchev–Trinajstić information content (AvgIpc) is 3.23. The third kappa shape index (κ3) is 3.81. The monoisotopic (exact) mass is 416 g/mol. The van der Waals surface area contributed by atoms with Crippen LogP contribution in [0.2, 0.25) is 0 Å². The van der Waals surface area contributed by atoms with E-state index in [0.717, 1.165) is 37.5 Å². The molecule has 0 bridgehead atoms. The van der Waals surface area contributed by atoms with Gasteiger partial charge in [-0.25, -0.2) is 0 Å². The first kappa shape index (κ1) is 21.8. The highest BCUT2D eigenvalue weighted by Gasteiger charge is 2.70. The summed E-state index contributed by atoms with van der Waals surface area (Å²) in [6.45, 7) is 2.73. The molecular formula is C20H27F3N2O4. The van der Waals surface area contributed by atoms with Gasteiger partial charge < -0.3 is 15.0 Å². The number of rotatable bonds is 5. The number of ether oxygens (including phenoxy) is 1. The number of allylic oxidation sites excluding steroid dienone is 1. The number of ketones is 1. The van der Waals surface area contributed by atoms with Gasteiger partial charge in [0.25, 0.3) is 5.91 Å². The smallest absolute Gasteiger partial charge is 0.376 e. The molecule has 29 heavy (non-hydrogen) atoms. The topological polar surface area (TPSA) is 75.7 Å². The normalized spacial score (nSPS) is 28.9. The molecule has 9 heteroatoms. The van der Waals surface area contributed by atoms with Crippen molar-refractivity contribution in [2.24, 2.45) is 5.92 Å². The lowest BCUT2D eigenvalue weighted by Gasteiger charge is -2.35. The summed E-state index contributed by atoms with van der Waals surface area (Å²) in [6, 6.07) is 0. The van der Waals surface area contributed by atoms with Crippen LogP contribution >= 0.6 is 0 Å². The van der Waals surface area contributed by atoms with E-state index in [-0.39, 0.29) is 18.3 Å².